The summed E-state index contributed by atoms with van der Waals surface area (Å²) >= 11 is 1.71. The van der Waals surface area contributed by atoms with Crippen LogP contribution in [0.3, 0.4) is 0 Å². The summed E-state index contributed by atoms with van der Waals surface area (Å²) in [5.41, 5.74) is 1.68. The Balaban J connectivity index is 1.61. The van der Waals surface area contributed by atoms with Gasteiger partial charge in [-0.3, -0.25) is 4.79 Å². The van der Waals surface area contributed by atoms with Crippen molar-refractivity contribution in [1.29, 1.82) is 0 Å². The topological polar surface area (TPSA) is 41.6 Å². The van der Waals surface area contributed by atoms with Gasteiger partial charge in [0.2, 0.25) is 5.91 Å². The van der Waals surface area contributed by atoms with Gasteiger partial charge in [-0.2, -0.15) is 11.3 Å². The molecule has 4 nitrogen and oxygen atoms in total. The standard InChI is InChI=1S/C18H28N2O2S/c1-22-10-3-2-4-17(21)20(13-15-5-11-23-14-15)16-12-18(16)6-8-19-9-7-18/h5,11,14,16,19H,2-4,6-10,12-13H2,1H3. The lowest BCUT2D eigenvalue weighted by atomic mass is 9.93. The van der Waals surface area contributed by atoms with Gasteiger partial charge >= 0.3 is 0 Å². The zero-order chi connectivity index (χ0) is 16.1. The highest BCUT2D eigenvalue weighted by molar-refractivity contribution is 7.07. The van der Waals surface area contributed by atoms with Crippen molar-refractivity contribution in [3.8, 4) is 0 Å². The Labute approximate surface area is 143 Å². The number of ether oxygens (including phenoxy) is 1. The van der Waals surface area contributed by atoms with Gasteiger partial charge in [0.05, 0.1) is 0 Å². The molecule has 1 aliphatic carbocycles. The van der Waals surface area contributed by atoms with Gasteiger partial charge in [-0.15, -0.1) is 0 Å². The summed E-state index contributed by atoms with van der Waals surface area (Å²) in [5.74, 6) is 0.327. The van der Waals surface area contributed by atoms with E-state index in [0.717, 1.165) is 39.1 Å². The third-order valence-electron chi connectivity index (χ3n) is 5.36. The van der Waals surface area contributed by atoms with Crippen LogP contribution in [0.5, 0.6) is 0 Å². The minimum atomic E-state index is 0.327. The lowest BCUT2D eigenvalue weighted by Crippen LogP contribution is -2.39. The lowest BCUT2D eigenvalue weighted by Gasteiger charge is -2.29. The number of carbonyl (C=O) groups excluding carboxylic acids is 1. The van der Waals surface area contributed by atoms with Gasteiger partial charge < -0.3 is 15.0 Å². The monoisotopic (exact) mass is 336 g/mol. The second-order valence-corrected chi connectivity index (χ2v) is 7.72. The second kappa shape index (κ2) is 7.77. The van der Waals surface area contributed by atoms with Crippen LogP contribution in [0, 0.1) is 5.41 Å². The normalized spacial score (nSPS) is 22.2. The summed E-state index contributed by atoms with van der Waals surface area (Å²) in [4.78, 5) is 15.0. The molecule has 2 aliphatic rings. The Kier molecular flexibility index (Phi) is 5.72. The van der Waals surface area contributed by atoms with E-state index in [1.54, 1.807) is 18.4 Å². The number of nitrogens with zero attached hydrogens (tertiary/aromatic N) is 1. The highest BCUT2D eigenvalue weighted by atomic mass is 32.1. The van der Waals surface area contributed by atoms with Crippen LogP contribution in [-0.4, -0.2) is 43.7 Å². The van der Waals surface area contributed by atoms with Gasteiger partial charge in [0.1, 0.15) is 0 Å². The molecule has 1 saturated heterocycles. The number of hydrogen-bond acceptors (Lipinski definition) is 4. The molecule has 1 aromatic heterocycles. The molecular formula is C18H28N2O2S. The summed E-state index contributed by atoms with van der Waals surface area (Å²) in [6.45, 7) is 3.74. The second-order valence-electron chi connectivity index (χ2n) is 6.94. The van der Waals surface area contributed by atoms with Crippen LogP contribution in [0.4, 0.5) is 0 Å². The number of amides is 1. The van der Waals surface area contributed by atoms with E-state index >= 15 is 0 Å². The highest BCUT2D eigenvalue weighted by Gasteiger charge is 2.57. The SMILES string of the molecule is COCCCCC(=O)N(Cc1ccsc1)C1CC12CCNCC2. The Bertz CT molecular complexity index is 497. The van der Waals surface area contributed by atoms with Crippen LogP contribution in [0.15, 0.2) is 16.8 Å². The van der Waals surface area contributed by atoms with E-state index < -0.39 is 0 Å². The van der Waals surface area contributed by atoms with Crippen LogP contribution in [-0.2, 0) is 16.1 Å². The maximum absolute atomic E-state index is 12.8. The van der Waals surface area contributed by atoms with E-state index in [-0.39, 0.29) is 0 Å². The van der Waals surface area contributed by atoms with Crippen LogP contribution in [0.1, 0.15) is 44.1 Å². The van der Waals surface area contributed by atoms with Crippen molar-refractivity contribution < 1.29 is 9.53 Å². The van der Waals surface area contributed by atoms with Crippen LogP contribution >= 0.6 is 11.3 Å². The van der Waals surface area contributed by atoms with Crippen molar-refractivity contribution in [1.82, 2.24) is 10.2 Å². The van der Waals surface area contributed by atoms with E-state index in [1.807, 2.05) is 0 Å². The Morgan fingerprint density at radius 1 is 1.43 bits per heavy atom. The largest absolute Gasteiger partial charge is 0.385 e. The molecule has 1 aromatic rings. The van der Waals surface area contributed by atoms with Crippen molar-refractivity contribution in [2.24, 2.45) is 5.41 Å². The Morgan fingerprint density at radius 2 is 2.26 bits per heavy atom. The molecule has 0 aromatic carbocycles. The first-order valence-corrected chi connectivity index (χ1v) is 9.70. The van der Waals surface area contributed by atoms with Crippen LogP contribution < -0.4 is 5.32 Å². The van der Waals surface area contributed by atoms with Crippen molar-refractivity contribution in [2.75, 3.05) is 26.8 Å². The molecule has 1 amide bonds. The van der Waals surface area contributed by atoms with Crippen molar-refractivity contribution in [3.05, 3.63) is 22.4 Å². The number of hydrogen-bond donors (Lipinski definition) is 1. The van der Waals surface area contributed by atoms with Gasteiger partial charge in [0, 0.05) is 32.7 Å². The number of unbranched alkanes of at least 4 members (excludes halogenated alkanes) is 1. The van der Waals surface area contributed by atoms with Gasteiger partial charge in [-0.1, -0.05) is 0 Å². The van der Waals surface area contributed by atoms with Gasteiger partial charge in [0.15, 0.2) is 0 Å². The van der Waals surface area contributed by atoms with Crippen molar-refractivity contribution in [3.63, 3.8) is 0 Å². The smallest absolute Gasteiger partial charge is 0.223 e. The van der Waals surface area contributed by atoms with E-state index in [2.05, 4.69) is 27.0 Å². The molecule has 1 spiro atoms. The summed E-state index contributed by atoms with van der Waals surface area (Å²) < 4.78 is 5.09. The predicted octanol–water partition coefficient (Wildman–Crippen LogP) is 3.04. The minimum absolute atomic E-state index is 0.327. The number of piperidine rings is 1. The molecule has 2 fully saturated rings. The molecule has 1 unspecified atom stereocenters. The molecule has 0 radical (unpaired) electrons. The molecular weight excluding hydrogens is 308 g/mol. The zero-order valence-electron chi connectivity index (χ0n) is 14.1. The zero-order valence-corrected chi connectivity index (χ0v) is 14.9. The third kappa shape index (κ3) is 4.14. The Hall–Kier alpha value is -0.910. The van der Waals surface area contributed by atoms with Gasteiger partial charge in [0.25, 0.3) is 0 Å². The fourth-order valence-corrected chi connectivity index (χ4v) is 4.51. The molecule has 1 N–H and O–H groups in total. The predicted molar refractivity (Wildman–Crippen MR) is 93.5 cm³/mol. The molecule has 2 heterocycles. The summed E-state index contributed by atoms with van der Waals surface area (Å²) in [6.07, 6.45) is 6.17. The first kappa shape index (κ1) is 16.9. The highest BCUT2D eigenvalue weighted by Crippen LogP contribution is 2.56. The quantitative estimate of drug-likeness (QED) is 0.742. The van der Waals surface area contributed by atoms with Gasteiger partial charge in [-0.05, 0) is 73.0 Å². The number of thiophene rings is 1. The summed E-state index contributed by atoms with van der Waals surface area (Å²) in [7, 11) is 1.72. The third-order valence-corrected chi connectivity index (χ3v) is 6.10. The maximum Gasteiger partial charge on any atom is 0.223 e. The minimum Gasteiger partial charge on any atom is -0.385 e. The van der Waals surface area contributed by atoms with E-state index in [0.29, 0.717) is 23.8 Å². The first-order valence-electron chi connectivity index (χ1n) is 8.75. The number of methoxy groups -OCH3 is 1. The fourth-order valence-electron chi connectivity index (χ4n) is 3.85. The molecule has 5 heteroatoms. The summed E-state index contributed by atoms with van der Waals surface area (Å²) in [5, 5.41) is 7.72. The number of rotatable bonds is 8. The molecule has 128 valence electrons. The fraction of sp³-hybridized carbons (Fsp3) is 0.722. The molecule has 23 heavy (non-hydrogen) atoms. The van der Waals surface area contributed by atoms with Crippen molar-refractivity contribution >= 4 is 17.2 Å². The molecule has 0 bridgehead atoms. The average Bonchev–Trinajstić information content (AvgIpc) is 2.99. The van der Waals surface area contributed by atoms with Crippen LogP contribution in [0.25, 0.3) is 0 Å². The van der Waals surface area contributed by atoms with Crippen LogP contribution in [0.2, 0.25) is 0 Å². The van der Waals surface area contributed by atoms with E-state index in [9.17, 15) is 4.79 Å². The number of carbonyl (C=O) groups is 1. The summed E-state index contributed by atoms with van der Waals surface area (Å²) in [6, 6.07) is 2.60. The number of nitrogens with one attached hydrogen (secondary N) is 1. The molecule has 1 saturated carbocycles. The molecule has 3 rings (SSSR count). The van der Waals surface area contributed by atoms with E-state index in [1.165, 1.54) is 24.8 Å². The average molecular weight is 337 g/mol. The Morgan fingerprint density at radius 3 is 2.96 bits per heavy atom. The maximum atomic E-state index is 12.8. The van der Waals surface area contributed by atoms with Crippen molar-refractivity contribution in [2.45, 2.75) is 51.1 Å². The van der Waals surface area contributed by atoms with Gasteiger partial charge in [-0.25, -0.2) is 0 Å². The van der Waals surface area contributed by atoms with E-state index in [4.69, 9.17) is 4.74 Å². The molecule has 1 aliphatic heterocycles. The molecule has 1 atom stereocenters. The first-order chi connectivity index (χ1) is 11.2. The lowest BCUT2D eigenvalue weighted by molar-refractivity contribution is -0.133.